The van der Waals surface area contributed by atoms with Crippen LogP contribution in [0, 0.1) is 0 Å². The summed E-state index contributed by atoms with van der Waals surface area (Å²) in [5, 5.41) is 8.72. The number of hydrogen-bond donors (Lipinski definition) is 1. The van der Waals surface area contributed by atoms with Crippen molar-refractivity contribution in [1.29, 1.82) is 0 Å². The van der Waals surface area contributed by atoms with Gasteiger partial charge in [-0.3, -0.25) is 4.57 Å². The van der Waals surface area contributed by atoms with E-state index in [0.29, 0.717) is 5.69 Å². The topological polar surface area (TPSA) is 72.2 Å². The highest BCUT2D eigenvalue weighted by Crippen LogP contribution is 2.07. The molecule has 1 N–H and O–H groups in total. The Kier molecular flexibility index (Phi) is 2.51. The minimum absolute atomic E-state index is 0.181. The average Bonchev–Trinajstić information content (AvgIpc) is 2.30. The molecule has 1 aromatic carbocycles. The largest absolute Gasteiger partial charge is 0.478 e. The van der Waals surface area contributed by atoms with Gasteiger partial charge < -0.3 is 5.11 Å². The average molecular weight is 216 g/mol. The fraction of sp³-hybridized carbons (Fsp3) is 0. The molecule has 0 saturated carbocycles. The molecule has 0 fully saturated rings. The molecule has 0 unspecified atom stereocenters. The van der Waals surface area contributed by atoms with Gasteiger partial charge in [0.2, 0.25) is 0 Å². The van der Waals surface area contributed by atoms with Crippen molar-refractivity contribution in [2.45, 2.75) is 0 Å². The molecule has 0 bridgehead atoms. The molecular formula is C11H8N2O3. The summed E-state index contributed by atoms with van der Waals surface area (Å²) in [6.45, 7) is 0. The Bertz CT molecular complexity index is 572. The lowest BCUT2D eigenvalue weighted by atomic mass is 10.2. The number of aromatic carboxylic acids is 1. The summed E-state index contributed by atoms with van der Waals surface area (Å²) in [5.41, 5.74) is 0.370. The Morgan fingerprint density at radius 3 is 2.50 bits per heavy atom. The maximum atomic E-state index is 11.4. The fourth-order valence-corrected chi connectivity index (χ4v) is 1.32. The molecule has 0 amide bonds. The zero-order valence-electron chi connectivity index (χ0n) is 8.20. The van der Waals surface area contributed by atoms with Gasteiger partial charge in [-0.1, -0.05) is 0 Å². The molecule has 0 spiro atoms. The van der Waals surface area contributed by atoms with E-state index in [-0.39, 0.29) is 5.56 Å². The SMILES string of the molecule is O=C(O)c1ccc(-n2cccnc2=O)cc1. The highest BCUT2D eigenvalue weighted by atomic mass is 16.4. The molecule has 0 aliphatic heterocycles. The molecule has 0 saturated heterocycles. The van der Waals surface area contributed by atoms with Crippen LogP contribution in [0.5, 0.6) is 0 Å². The van der Waals surface area contributed by atoms with Crippen LogP contribution in [0.1, 0.15) is 10.4 Å². The van der Waals surface area contributed by atoms with E-state index in [1.165, 1.54) is 22.9 Å². The zero-order valence-corrected chi connectivity index (χ0v) is 8.20. The Labute approximate surface area is 90.6 Å². The first kappa shape index (κ1) is 10.1. The summed E-state index contributed by atoms with van der Waals surface area (Å²) < 4.78 is 1.34. The van der Waals surface area contributed by atoms with Gasteiger partial charge in [0.15, 0.2) is 0 Å². The molecule has 0 aliphatic carbocycles. The van der Waals surface area contributed by atoms with Crippen LogP contribution in [0.4, 0.5) is 0 Å². The number of carboxylic acids is 1. The number of carbonyl (C=O) groups is 1. The number of benzene rings is 1. The first-order valence-corrected chi connectivity index (χ1v) is 4.56. The summed E-state index contributed by atoms with van der Waals surface area (Å²) in [4.78, 5) is 25.6. The third-order valence-corrected chi connectivity index (χ3v) is 2.10. The lowest BCUT2D eigenvalue weighted by Gasteiger charge is -2.03. The van der Waals surface area contributed by atoms with Crippen LogP contribution >= 0.6 is 0 Å². The fourth-order valence-electron chi connectivity index (χ4n) is 1.32. The van der Waals surface area contributed by atoms with Crippen LogP contribution in [-0.2, 0) is 0 Å². The maximum absolute atomic E-state index is 11.4. The Balaban J connectivity index is 2.47. The molecule has 0 radical (unpaired) electrons. The highest BCUT2D eigenvalue weighted by molar-refractivity contribution is 5.87. The van der Waals surface area contributed by atoms with Crippen molar-refractivity contribution in [1.82, 2.24) is 9.55 Å². The summed E-state index contributed by atoms with van der Waals surface area (Å²) in [7, 11) is 0. The lowest BCUT2D eigenvalue weighted by molar-refractivity contribution is 0.0697. The van der Waals surface area contributed by atoms with Crippen LogP contribution in [0.3, 0.4) is 0 Å². The molecule has 1 aromatic heterocycles. The van der Waals surface area contributed by atoms with E-state index in [1.807, 2.05) is 0 Å². The van der Waals surface area contributed by atoms with Crippen molar-refractivity contribution in [2.75, 3.05) is 0 Å². The van der Waals surface area contributed by atoms with Gasteiger partial charge in [-0.25, -0.2) is 14.6 Å². The second-order valence-corrected chi connectivity index (χ2v) is 3.12. The summed E-state index contributed by atoms with van der Waals surface area (Å²) in [6.07, 6.45) is 2.98. The first-order chi connectivity index (χ1) is 7.68. The van der Waals surface area contributed by atoms with Crippen molar-refractivity contribution in [3.63, 3.8) is 0 Å². The van der Waals surface area contributed by atoms with Gasteiger partial charge >= 0.3 is 11.7 Å². The van der Waals surface area contributed by atoms with E-state index in [4.69, 9.17) is 5.11 Å². The summed E-state index contributed by atoms with van der Waals surface area (Å²) in [5.74, 6) is -0.995. The zero-order chi connectivity index (χ0) is 11.5. The van der Waals surface area contributed by atoms with Gasteiger partial charge in [0, 0.05) is 12.4 Å². The highest BCUT2D eigenvalue weighted by Gasteiger charge is 2.03. The second-order valence-electron chi connectivity index (χ2n) is 3.12. The third kappa shape index (κ3) is 1.83. The third-order valence-electron chi connectivity index (χ3n) is 2.10. The van der Waals surface area contributed by atoms with E-state index >= 15 is 0 Å². The molecule has 2 rings (SSSR count). The van der Waals surface area contributed by atoms with Crippen molar-refractivity contribution >= 4 is 5.97 Å². The second kappa shape index (κ2) is 3.98. The van der Waals surface area contributed by atoms with Gasteiger partial charge in [-0.2, -0.15) is 0 Å². The quantitative estimate of drug-likeness (QED) is 0.810. The van der Waals surface area contributed by atoms with Crippen LogP contribution in [0.25, 0.3) is 5.69 Å². The predicted molar refractivity (Wildman–Crippen MR) is 56.8 cm³/mol. The first-order valence-electron chi connectivity index (χ1n) is 4.56. The van der Waals surface area contributed by atoms with Crippen molar-refractivity contribution in [3.05, 3.63) is 58.8 Å². The normalized spacial score (nSPS) is 10.0. The van der Waals surface area contributed by atoms with Crippen LogP contribution < -0.4 is 5.69 Å². The minimum Gasteiger partial charge on any atom is -0.478 e. The smallest absolute Gasteiger partial charge is 0.352 e. The molecule has 5 nitrogen and oxygen atoms in total. The number of hydrogen-bond acceptors (Lipinski definition) is 3. The Hall–Kier alpha value is -2.43. The number of aromatic nitrogens is 2. The summed E-state index contributed by atoms with van der Waals surface area (Å²) in [6, 6.07) is 7.64. The maximum Gasteiger partial charge on any atom is 0.352 e. The Morgan fingerprint density at radius 1 is 1.25 bits per heavy atom. The molecule has 5 heteroatoms. The van der Waals surface area contributed by atoms with Gasteiger partial charge in [0.1, 0.15) is 0 Å². The number of rotatable bonds is 2. The van der Waals surface area contributed by atoms with Gasteiger partial charge in [-0.15, -0.1) is 0 Å². The van der Waals surface area contributed by atoms with E-state index in [0.717, 1.165) is 0 Å². The predicted octanol–water partition coefficient (Wildman–Crippen LogP) is 0.931. The molecular weight excluding hydrogens is 208 g/mol. The van der Waals surface area contributed by atoms with Crippen molar-refractivity contribution in [2.24, 2.45) is 0 Å². The molecule has 1 heterocycles. The monoisotopic (exact) mass is 216 g/mol. The van der Waals surface area contributed by atoms with E-state index in [2.05, 4.69) is 4.98 Å². The Morgan fingerprint density at radius 2 is 1.94 bits per heavy atom. The lowest BCUT2D eigenvalue weighted by Crippen LogP contribution is -2.19. The summed E-state index contributed by atoms with van der Waals surface area (Å²) >= 11 is 0. The van der Waals surface area contributed by atoms with E-state index in [1.54, 1.807) is 24.4 Å². The molecule has 0 aliphatic rings. The molecule has 80 valence electrons. The van der Waals surface area contributed by atoms with Crippen LogP contribution in [-0.4, -0.2) is 20.6 Å². The van der Waals surface area contributed by atoms with Gasteiger partial charge in [0.25, 0.3) is 0 Å². The number of nitrogens with zero attached hydrogens (tertiary/aromatic N) is 2. The minimum atomic E-state index is -0.995. The molecule has 0 atom stereocenters. The molecule has 16 heavy (non-hydrogen) atoms. The van der Waals surface area contributed by atoms with Crippen LogP contribution in [0.15, 0.2) is 47.5 Å². The van der Waals surface area contributed by atoms with Crippen molar-refractivity contribution in [3.8, 4) is 5.69 Å². The van der Waals surface area contributed by atoms with Crippen LogP contribution in [0.2, 0.25) is 0 Å². The van der Waals surface area contributed by atoms with E-state index < -0.39 is 11.7 Å². The van der Waals surface area contributed by atoms with Crippen molar-refractivity contribution < 1.29 is 9.90 Å². The standard InChI is InChI=1S/C11H8N2O3/c14-10(15)8-2-4-9(5-3-8)13-7-1-6-12-11(13)16/h1-7H,(H,14,15). The molecule has 2 aromatic rings. The number of carboxylic acid groups (broad SMARTS) is 1. The van der Waals surface area contributed by atoms with Gasteiger partial charge in [0.05, 0.1) is 11.3 Å². The van der Waals surface area contributed by atoms with E-state index in [9.17, 15) is 9.59 Å². The van der Waals surface area contributed by atoms with Gasteiger partial charge in [-0.05, 0) is 30.3 Å².